The molecule has 2 atom stereocenters. The second kappa shape index (κ2) is 13.9. The Bertz CT molecular complexity index is 1740. The molecule has 0 bridgehead atoms. The van der Waals surface area contributed by atoms with Gasteiger partial charge >= 0.3 is 0 Å². The summed E-state index contributed by atoms with van der Waals surface area (Å²) in [5.41, 5.74) is 1.17. The number of allylic oxidation sites excluding steroid dienone is 2. The highest BCUT2D eigenvalue weighted by molar-refractivity contribution is 7.89. The van der Waals surface area contributed by atoms with E-state index in [1.807, 2.05) is 47.9 Å². The summed E-state index contributed by atoms with van der Waals surface area (Å²) >= 11 is 7.74. The summed E-state index contributed by atoms with van der Waals surface area (Å²) in [6.45, 7) is 2.85. The zero-order valence-corrected chi connectivity index (χ0v) is 28.0. The molecule has 2 unspecified atom stereocenters. The highest BCUT2D eigenvalue weighted by atomic mass is 35.5. The number of nitrogens with one attached hydrogen (secondary N) is 1. The first kappa shape index (κ1) is 33.0. The molecule has 0 spiro atoms. The summed E-state index contributed by atoms with van der Waals surface area (Å²) in [7, 11) is -0.603. The number of halogens is 1. The molecule has 1 aliphatic carbocycles. The first-order valence-electron chi connectivity index (χ1n) is 14.8. The van der Waals surface area contributed by atoms with Crippen LogP contribution in [0.4, 0.5) is 0 Å². The lowest BCUT2D eigenvalue weighted by atomic mass is 9.84. The molecule has 0 saturated carbocycles. The van der Waals surface area contributed by atoms with Crippen LogP contribution in [0.1, 0.15) is 42.1 Å². The summed E-state index contributed by atoms with van der Waals surface area (Å²) in [5.74, 6) is 0.588. The van der Waals surface area contributed by atoms with Crippen LogP contribution in [0.5, 0.6) is 11.5 Å². The third-order valence-electron chi connectivity index (χ3n) is 8.44. The van der Waals surface area contributed by atoms with Gasteiger partial charge in [0.15, 0.2) is 0 Å². The van der Waals surface area contributed by atoms with Crippen molar-refractivity contribution >= 4 is 54.9 Å². The minimum Gasteiger partial charge on any atom is -0.497 e. The lowest BCUT2D eigenvalue weighted by Gasteiger charge is -2.51. The van der Waals surface area contributed by atoms with Crippen molar-refractivity contribution in [1.29, 1.82) is 0 Å². The van der Waals surface area contributed by atoms with Gasteiger partial charge in [0, 0.05) is 53.3 Å². The maximum atomic E-state index is 14.2. The van der Waals surface area contributed by atoms with E-state index in [0.29, 0.717) is 48.6 Å². The summed E-state index contributed by atoms with van der Waals surface area (Å²) in [6, 6.07) is 12.9. The monoisotopic (exact) mass is 671 g/mol. The van der Waals surface area contributed by atoms with E-state index in [0.717, 1.165) is 15.7 Å². The third-order valence-corrected chi connectivity index (χ3v) is 11.1. The van der Waals surface area contributed by atoms with Crippen molar-refractivity contribution in [2.45, 2.75) is 43.6 Å². The fourth-order valence-corrected chi connectivity index (χ4v) is 7.79. The number of thiophene rings is 1. The maximum Gasteiger partial charge on any atom is 0.256 e. The van der Waals surface area contributed by atoms with Crippen molar-refractivity contribution in [2.75, 3.05) is 39.6 Å². The first-order valence-corrected chi connectivity index (χ1v) is 17.8. The van der Waals surface area contributed by atoms with E-state index in [1.54, 1.807) is 42.0 Å². The van der Waals surface area contributed by atoms with E-state index in [1.165, 1.54) is 18.4 Å². The summed E-state index contributed by atoms with van der Waals surface area (Å²) in [5, 5.41) is 2.63. The predicted molar refractivity (Wildman–Crippen MR) is 179 cm³/mol. The summed E-state index contributed by atoms with van der Waals surface area (Å²) < 4.78 is 40.2. The third kappa shape index (κ3) is 7.38. The molecule has 1 saturated heterocycles. The fourth-order valence-electron chi connectivity index (χ4n) is 5.67. The Morgan fingerprint density at radius 3 is 2.67 bits per heavy atom. The van der Waals surface area contributed by atoms with E-state index in [2.05, 4.69) is 4.72 Å². The number of benzene rings is 2. The molecule has 3 aromatic rings. The Morgan fingerprint density at radius 2 is 1.98 bits per heavy atom. The quantitative estimate of drug-likeness (QED) is 0.246. The van der Waals surface area contributed by atoms with Crippen LogP contribution in [-0.2, 0) is 21.4 Å². The van der Waals surface area contributed by atoms with Crippen LogP contribution in [-0.4, -0.2) is 80.6 Å². The molecule has 2 heterocycles. The van der Waals surface area contributed by atoms with Crippen molar-refractivity contribution in [3.63, 3.8) is 0 Å². The average Bonchev–Trinajstić information content (AvgIpc) is 3.47. The van der Waals surface area contributed by atoms with Crippen LogP contribution in [0.15, 0.2) is 71.6 Å². The smallest absolute Gasteiger partial charge is 0.256 e. The number of likely N-dealkylation sites (tertiary alicyclic amines) is 1. The van der Waals surface area contributed by atoms with Crippen molar-refractivity contribution in [3.05, 3.63) is 82.8 Å². The number of amides is 2. The van der Waals surface area contributed by atoms with Crippen LogP contribution in [0.3, 0.4) is 0 Å². The molecule has 2 aromatic carbocycles. The van der Waals surface area contributed by atoms with Crippen LogP contribution in [0, 0.1) is 0 Å². The Morgan fingerprint density at radius 1 is 1.18 bits per heavy atom. The van der Waals surface area contributed by atoms with Gasteiger partial charge in [0.2, 0.25) is 15.9 Å². The minimum atomic E-state index is -3.67. The number of carbonyl (C=O) groups is 2. The van der Waals surface area contributed by atoms with Gasteiger partial charge in [-0.25, -0.2) is 13.1 Å². The van der Waals surface area contributed by atoms with E-state index >= 15 is 0 Å². The number of carbonyl (C=O) groups excluding carboxylic acids is 2. The largest absolute Gasteiger partial charge is 0.497 e. The van der Waals surface area contributed by atoms with Gasteiger partial charge in [-0.05, 0) is 43.9 Å². The fraction of sp³-hybridized carbons (Fsp3) is 0.394. The van der Waals surface area contributed by atoms with Gasteiger partial charge in [0.25, 0.3) is 5.91 Å². The first-order chi connectivity index (χ1) is 21.5. The van der Waals surface area contributed by atoms with E-state index in [4.69, 9.17) is 21.1 Å². The van der Waals surface area contributed by atoms with Gasteiger partial charge in [-0.15, -0.1) is 22.9 Å². The number of methoxy groups -OCH3 is 2. The van der Waals surface area contributed by atoms with Gasteiger partial charge in [-0.2, -0.15) is 0 Å². The molecule has 1 fully saturated rings. The van der Waals surface area contributed by atoms with Gasteiger partial charge in [0.1, 0.15) is 17.0 Å². The number of sulfonamides is 1. The molecule has 240 valence electrons. The van der Waals surface area contributed by atoms with Gasteiger partial charge in [-0.3, -0.25) is 9.59 Å². The molecule has 5 rings (SSSR count). The molecule has 1 aromatic heterocycles. The Kier molecular flexibility index (Phi) is 10.2. The number of ether oxygens (including phenoxy) is 2. The number of rotatable bonds is 13. The standard InChI is InChI=1S/C33H38ClN3O6S2/c1-33(15-17-37(33)31(38)28-22-44-30-8-5-4-7-27(28)30)32(39)36(21-23-9-12-25(34)13-10-23)16-6-18-45(40,41)35-20-24-11-14-26(42-2)19-29(24)43-3/h4-5,7-12,14,19,22,25,35H,6,13,15-18,20-21H2,1-3H3. The SMILES string of the molecule is COc1ccc(CNS(=O)(=O)CCCN(CC2=CCC(Cl)C=C2)C(=O)C2(C)CCN2C(=O)c2csc3ccccc23)c(OC)c1. The molecule has 1 aliphatic heterocycles. The van der Waals surface area contributed by atoms with Crippen LogP contribution in [0.25, 0.3) is 10.1 Å². The lowest BCUT2D eigenvalue weighted by Crippen LogP contribution is -2.68. The average molecular weight is 672 g/mol. The highest BCUT2D eigenvalue weighted by Crippen LogP contribution is 2.37. The lowest BCUT2D eigenvalue weighted by molar-refractivity contribution is -0.148. The van der Waals surface area contributed by atoms with E-state index < -0.39 is 15.6 Å². The van der Waals surface area contributed by atoms with Crippen LogP contribution in [0.2, 0.25) is 0 Å². The number of nitrogens with zero attached hydrogens (tertiary/aromatic N) is 2. The number of hydrogen-bond acceptors (Lipinski definition) is 7. The Labute approximate surface area is 273 Å². The van der Waals surface area contributed by atoms with Gasteiger partial charge in [0.05, 0.1) is 30.9 Å². The van der Waals surface area contributed by atoms with E-state index in [-0.39, 0.29) is 42.5 Å². The molecule has 9 nitrogen and oxygen atoms in total. The van der Waals surface area contributed by atoms with E-state index in [9.17, 15) is 18.0 Å². The zero-order chi connectivity index (χ0) is 32.2. The second-order valence-electron chi connectivity index (χ2n) is 11.4. The number of alkyl halides is 1. The summed E-state index contributed by atoms with van der Waals surface area (Å²) in [6.07, 6.45) is 7.20. The Balaban J connectivity index is 1.27. The number of fused-ring (bicyclic) bond motifs is 1. The minimum absolute atomic E-state index is 0.0574. The topological polar surface area (TPSA) is 105 Å². The molecule has 0 radical (unpaired) electrons. The van der Waals surface area contributed by atoms with Gasteiger partial charge in [-0.1, -0.05) is 42.5 Å². The van der Waals surface area contributed by atoms with Crippen molar-refractivity contribution < 1.29 is 27.5 Å². The predicted octanol–water partition coefficient (Wildman–Crippen LogP) is 5.36. The van der Waals surface area contributed by atoms with Crippen molar-refractivity contribution in [1.82, 2.24) is 14.5 Å². The van der Waals surface area contributed by atoms with Crippen LogP contribution >= 0.6 is 22.9 Å². The van der Waals surface area contributed by atoms with Gasteiger partial charge < -0.3 is 19.3 Å². The normalized spacial score (nSPS) is 19.6. The highest BCUT2D eigenvalue weighted by Gasteiger charge is 2.51. The number of hydrogen-bond donors (Lipinski definition) is 1. The molecule has 1 N–H and O–H groups in total. The van der Waals surface area contributed by atoms with Crippen molar-refractivity contribution in [3.8, 4) is 11.5 Å². The van der Waals surface area contributed by atoms with Crippen molar-refractivity contribution in [2.24, 2.45) is 0 Å². The molecular formula is C33H38ClN3O6S2. The molecular weight excluding hydrogens is 634 g/mol. The molecule has 2 aliphatic rings. The second-order valence-corrected chi connectivity index (χ2v) is 14.8. The molecule has 45 heavy (non-hydrogen) atoms. The Hall–Kier alpha value is -3.38. The van der Waals surface area contributed by atoms with Crippen LogP contribution < -0.4 is 14.2 Å². The zero-order valence-electron chi connectivity index (χ0n) is 25.6. The summed E-state index contributed by atoms with van der Waals surface area (Å²) in [4.78, 5) is 31.2. The molecule has 2 amide bonds. The molecule has 12 heteroatoms. The maximum absolute atomic E-state index is 14.2.